The highest BCUT2D eigenvalue weighted by atomic mass is 19.1. The van der Waals surface area contributed by atoms with Crippen molar-refractivity contribution < 1.29 is 4.39 Å². The Morgan fingerprint density at radius 1 is 1.57 bits per heavy atom. The van der Waals surface area contributed by atoms with Gasteiger partial charge >= 0.3 is 0 Å². The highest BCUT2D eigenvalue weighted by Gasteiger charge is 2.08. The minimum atomic E-state index is -0.109. The van der Waals surface area contributed by atoms with Gasteiger partial charge in [0.1, 0.15) is 5.83 Å². The van der Waals surface area contributed by atoms with Gasteiger partial charge in [0, 0.05) is 11.9 Å². The molecule has 0 radical (unpaired) electrons. The van der Waals surface area contributed by atoms with Crippen LogP contribution in [0.4, 0.5) is 4.39 Å². The molecule has 0 aromatic carbocycles. The lowest BCUT2D eigenvalue weighted by molar-refractivity contribution is 0.562. The monoisotopic (exact) mass is 192 g/mol. The first-order chi connectivity index (χ1) is 6.84. The van der Waals surface area contributed by atoms with Crippen molar-refractivity contribution in [2.45, 2.75) is 19.3 Å². The van der Waals surface area contributed by atoms with Crippen LogP contribution in [0.3, 0.4) is 0 Å². The van der Waals surface area contributed by atoms with E-state index in [0.717, 1.165) is 25.0 Å². The molecule has 0 saturated heterocycles. The highest BCUT2D eigenvalue weighted by Crippen LogP contribution is 2.21. The summed E-state index contributed by atoms with van der Waals surface area (Å²) in [5, 5.41) is 0. The third kappa shape index (κ3) is 2.31. The fourth-order valence-corrected chi connectivity index (χ4v) is 1.61. The molecule has 74 valence electrons. The van der Waals surface area contributed by atoms with Gasteiger partial charge in [0.2, 0.25) is 0 Å². The zero-order chi connectivity index (χ0) is 9.80. The second-order valence-electron chi connectivity index (χ2n) is 3.56. The number of aromatic nitrogens is 2. The summed E-state index contributed by atoms with van der Waals surface area (Å²) < 4.78 is 12.6. The van der Waals surface area contributed by atoms with Crippen LogP contribution in [-0.2, 0) is 6.42 Å². The van der Waals surface area contributed by atoms with E-state index in [4.69, 9.17) is 0 Å². The van der Waals surface area contributed by atoms with Crippen LogP contribution in [0.25, 0.3) is 0 Å². The van der Waals surface area contributed by atoms with Gasteiger partial charge in [-0.1, -0.05) is 6.08 Å². The number of nitrogens with zero attached hydrogens (tertiary/aromatic N) is 1. The normalized spacial score (nSPS) is 20.9. The summed E-state index contributed by atoms with van der Waals surface area (Å²) in [6.45, 7) is 0. The van der Waals surface area contributed by atoms with Crippen molar-refractivity contribution in [3.63, 3.8) is 0 Å². The molecule has 1 N–H and O–H groups in total. The number of aryl methyl sites for hydroxylation is 1. The highest BCUT2D eigenvalue weighted by molar-refractivity contribution is 5.17. The first-order valence-electron chi connectivity index (χ1n) is 4.86. The molecule has 0 bridgehead atoms. The predicted molar refractivity (Wildman–Crippen MR) is 53.3 cm³/mol. The molecular formula is C11H13FN2. The van der Waals surface area contributed by atoms with Crippen molar-refractivity contribution in [3.05, 3.63) is 42.3 Å². The lowest BCUT2D eigenvalue weighted by Gasteiger charge is -2.12. The number of hydrogen-bond acceptors (Lipinski definition) is 1. The molecule has 2 rings (SSSR count). The Labute approximate surface area is 82.6 Å². The van der Waals surface area contributed by atoms with Gasteiger partial charge in [-0.3, -0.25) is 0 Å². The van der Waals surface area contributed by atoms with Crippen LogP contribution in [0.5, 0.6) is 0 Å². The molecule has 1 aromatic heterocycles. The predicted octanol–water partition coefficient (Wildman–Crippen LogP) is 2.77. The van der Waals surface area contributed by atoms with E-state index >= 15 is 0 Å². The van der Waals surface area contributed by atoms with Crippen molar-refractivity contribution in [2.24, 2.45) is 5.92 Å². The third-order valence-corrected chi connectivity index (χ3v) is 2.48. The van der Waals surface area contributed by atoms with Crippen molar-refractivity contribution in [1.29, 1.82) is 0 Å². The Bertz CT molecular complexity index is 338. The van der Waals surface area contributed by atoms with Crippen LogP contribution in [0.15, 0.2) is 36.6 Å². The van der Waals surface area contributed by atoms with E-state index in [2.05, 4.69) is 9.97 Å². The Morgan fingerprint density at radius 2 is 2.50 bits per heavy atom. The van der Waals surface area contributed by atoms with Crippen LogP contribution in [0.1, 0.15) is 18.5 Å². The second kappa shape index (κ2) is 4.22. The van der Waals surface area contributed by atoms with Crippen LogP contribution in [0.2, 0.25) is 0 Å². The summed E-state index contributed by atoms with van der Waals surface area (Å²) in [6, 6.07) is 0. The summed E-state index contributed by atoms with van der Waals surface area (Å²) in [5.74, 6) is 0.362. The topological polar surface area (TPSA) is 28.7 Å². The number of halogens is 1. The van der Waals surface area contributed by atoms with Crippen molar-refractivity contribution in [3.8, 4) is 0 Å². The molecule has 1 aliphatic carbocycles. The lowest BCUT2D eigenvalue weighted by atomic mass is 9.95. The molecule has 1 aliphatic rings. The molecule has 1 atom stereocenters. The van der Waals surface area contributed by atoms with E-state index in [1.165, 1.54) is 0 Å². The Balaban J connectivity index is 1.80. The van der Waals surface area contributed by atoms with Gasteiger partial charge in [0.15, 0.2) is 0 Å². The first kappa shape index (κ1) is 9.19. The van der Waals surface area contributed by atoms with Gasteiger partial charge < -0.3 is 4.98 Å². The van der Waals surface area contributed by atoms with Gasteiger partial charge in [0.25, 0.3) is 0 Å². The van der Waals surface area contributed by atoms with Gasteiger partial charge in [-0.2, -0.15) is 0 Å². The Kier molecular flexibility index (Phi) is 2.77. The zero-order valence-electron chi connectivity index (χ0n) is 7.91. The number of imidazole rings is 1. The van der Waals surface area contributed by atoms with Gasteiger partial charge in [-0.15, -0.1) is 0 Å². The molecule has 1 unspecified atom stereocenters. The molecule has 0 saturated carbocycles. The molecule has 0 fully saturated rings. The molecule has 0 aliphatic heterocycles. The summed E-state index contributed by atoms with van der Waals surface area (Å²) in [4.78, 5) is 7.01. The average Bonchev–Trinajstić information content (AvgIpc) is 2.70. The fraction of sp³-hybridized carbons (Fsp3) is 0.364. The van der Waals surface area contributed by atoms with Crippen LogP contribution < -0.4 is 0 Å². The van der Waals surface area contributed by atoms with E-state index in [1.54, 1.807) is 18.5 Å². The van der Waals surface area contributed by atoms with Gasteiger partial charge in [-0.25, -0.2) is 9.37 Å². The largest absolute Gasteiger partial charge is 0.348 e. The molecule has 0 amide bonds. The molecule has 3 heteroatoms. The average molecular weight is 192 g/mol. The maximum absolute atomic E-state index is 12.6. The summed E-state index contributed by atoms with van der Waals surface area (Å²) in [5.41, 5.74) is 1.15. The Morgan fingerprint density at radius 3 is 3.14 bits per heavy atom. The van der Waals surface area contributed by atoms with Gasteiger partial charge in [0.05, 0.1) is 6.33 Å². The standard InChI is InChI=1S/C11H13FN2/c12-10-4-1-9(2-5-10)3-6-11-7-13-8-14-11/h1,4-5,7-9H,2-3,6H2,(H,13,14). The van der Waals surface area contributed by atoms with E-state index < -0.39 is 0 Å². The molecule has 0 spiro atoms. The number of H-pyrrole nitrogens is 1. The number of hydrogen-bond donors (Lipinski definition) is 1. The number of nitrogens with one attached hydrogen (secondary N) is 1. The minimum absolute atomic E-state index is 0.109. The summed E-state index contributed by atoms with van der Waals surface area (Å²) >= 11 is 0. The summed E-state index contributed by atoms with van der Waals surface area (Å²) in [6.07, 6.45) is 11.5. The van der Waals surface area contributed by atoms with E-state index in [9.17, 15) is 4.39 Å². The van der Waals surface area contributed by atoms with E-state index in [0.29, 0.717) is 5.92 Å². The van der Waals surface area contributed by atoms with E-state index in [1.807, 2.05) is 12.3 Å². The maximum Gasteiger partial charge on any atom is 0.118 e. The number of aromatic amines is 1. The second-order valence-corrected chi connectivity index (χ2v) is 3.56. The van der Waals surface area contributed by atoms with Crippen LogP contribution in [0, 0.1) is 5.92 Å². The summed E-state index contributed by atoms with van der Waals surface area (Å²) in [7, 11) is 0. The smallest absolute Gasteiger partial charge is 0.118 e. The molecular weight excluding hydrogens is 179 g/mol. The SMILES string of the molecule is FC1=CCC(CCc2cnc[nH]2)C=C1. The van der Waals surface area contributed by atoms with Crippen molar-refractivity contribution >= 4 is 0 Å². The quantitative estimate of drug-likeness (QED) is 0.783. The number of rotatable bonds is 3. The lowest BCUT2D eigenvalue weighted by Crippen LogP contribution is -2.01. The fourth-order valence-electron chi connectivity index (χ4n) is 1.61. The molecule has 14 heavy (non-hydrogen) atoms. The Hall–Kier alpha value is -1.38. The van der Waals surface area contributed by atoms with E-state index in [-0.39, 0.29) is 5.83 Å². The maximum atomic E-state index is 12.6. The number of allylic oxidation sites excluding steroid dienone is 4. The third-order valence-electron chi connectivity index (χ3n) is 2.48. The molecule has 1 aromatic rings. The van der Waals surface area contributed by atoms with Crippen molar-refractivity contribution in [1.82, 2.24) is 9.97 Å². The van der Waals surface area contributed by atoms with Crippen LogP contribution in [-0.4, -0.2) is 9.97 Å². The molecule has 1 heterocycles. The zero-order valence-corrected chi connectivity index (χ0v) is 7.91. The first-order valence-corrected chi connectivity index (χ1v) is 4.86. The van der Waals surface area contributed by atoms with Gasteiger partial charge in [-0.05, 0) is 37.3 Å². The van der Waals surface area contributed by atoms with Crippen LogP contribution >= 0.6 is 0 Å². The van der Waals surface area contributed by atoms with Crippen molar-refractivity contribution in [2.75, 3.05) is 0 Å². The molecule has 2 nitrogen and oxygen atoms in total. The minimum Gasteiger partial charge on any atom is -0.348 e.